The van der Waals surface area contributed by atoms with Crippen molar-refractivity contribution < 1.29 is 18.7 Å². The molecule has 7 nitrogen and oxygen atoms in total. The third-order valence-corrected chi connectivity index (χ3v) is 1.97. The van der Waals surface area contributed by atoms with Gasteiger partial charge in [-0.25, -0.2) is 0 Å². The van der Waals surface area contributed by atoms with E-state index in [0.717, 1.165) is 0 Å². The van der Waals surface area contributed by atoms with Crippen LogP contribution in [0.15, 0.2) is 4.52 Å². The van der Waals surface area contributed by atoms with E-state index in [4.69, 9.17) is 24.5 Å². The summed E-state index contributed by atoms with van der Waals surface area (Å²) in [7, 11) is 1.61. The van der Waals surface area contributed by atoms with Crippen molar-refractivity contribution in [1.82, 2.24) is 10.1 Å². The minimum absolute atomic E-state index is 0.262. The monoisotopic (exact) mass is 245 g/mol. The van der Waals surface area contributed by atoms with Crippen LogP contribution in [0.5, 0.6) is 0 Å². The number of aromatic nitrogens is 2. The van der Waals surface area contributed by atoms with E-state index >= 15 is 0 Å². The van der Waals surface area contributed by atoms with Gasteiger partial charge in [0.05, 0.1) is 25.9 Å². The first-order valence-corrected chi connectivity index (χ1v) is 5.50. The fourth-order valence-corrected chi connectivity index (χ4v) is 1.10. The van der Waals surface area contributed by atoms with Gasteiger partial charge in [0, 0.05) is 13.7 Å². The highest BCUT2D eigenvalue weighted by Crippen LogP contribution is 2.07. The Morgan fingerprint density at radius 3 is 2.88 bits per heavy atom. The van der Waals surface area contributed by atoms with Gasteiger partial charge in [0.2, 0.25) is 0 Å². The largest absolute Gasteiger partial charge is 0.382 e. The van der Waals surface area contributed by atoms with Crippen LogP contribution >= 0.6 is 0 Å². The Balaban J connectivity index is 2.31. The lowest BCUT2D eigenvalue weighted by Gasteiger charge is -2.05. The summed E-state index contributed by atoms with van der Waals surface area (Å²) in [5.74, 6) is 0.840. The zero-order valence-corrected chi connectivity index (χ0v) is 10.2. The molecule has 0 saturated carbocycles. The number of methoxy groups -OCH3 is 1. The van der Waals surface area contributed by atoms with E-state index in [1.807, 2.05) is 6.92 Å². The van der Waals surface area contributed by atoms with E-state index in [9.17, 15) is 0 Å². The first kappa shape index (κ1) is 14.0. The molecule has 0 aliphatic heterocycles. The molecule has 98 valence electrons. The molecule has 0 fully saturated rings. The van der Waals surface area contributed by atoms with Crippen molar-refractivity contribution in [3.05, 3.63) is 11.7 Å². The average Bonchev–Trinajstić information content (AvgIpc) is 2.80. The molecule has 0 amide bonds. The molecule has 17 heavy (non-hydrogen) atoms. The normalized spacial score (nSPS) is 12.9. The van der Waals surface area contributed by atoms with Crippen molar-refractivity contribution in [3.8, 4) is 0 Å². The lowest BCUT2D eigenvalue weighted by atomic mass is 10.3. The molecule has 0 aromatic carbocycles. The summed E-state index contributed by atoms with van der Waals surface area (Å²) in [4.78, 5) is 4.11. The summed E-state index contributed by atoms with van der Waals surface area (Å²) in [5, 5.41) is 3.77. The van der Waals surface area contributed by atoms with Gasteiger partial charge in [-0.2, -0.15) is 4.98 Å². The zero-order chi connectivity index (χ0) is 12.5. The summed E-state index contributed by atoms with van der Waals surface area (Å²) in [5.41, 5.74) is 5.80. The third kappa shape index (κ3) is 5.22. The maximum absolute atomic E-state index is 5.80. The Bertz CT molecular complexity index is 305. The fraction of sp³-hybridized carbons (Fsp3) is 0.800. The van der Waals surface area contributed by atoms with Crippen LogP contribution in [-0.4, -0.2) is 43.7 Å². The second-order valence-corrected chi connectivity index (χ2v) is 3.36. The minimum atomic E-state index is -0.369. The quantitative estimate of drug-likeness (QED) is 0.624. The van der Waals surface area contributed by atoms with Crippen LogP contribution in [0.3, 0.4) is 0 Å². The number of nitrogens with zero attached hydrogens (tertiary/aromatic N) is 2. The standard InChI is InChI=1S/C10H19N3O4/c1-3-15-6-8(11)10-12-9(17-13-10)7-16-5-4-14-2/h8H,3-7,11H2,1-2H3. The maximum atomic E-state index is 5.80. The lowest BCUT2D eigenvalue weighted by molar-refractivity contribution is 0.0494. The number of rotatable bonds is 9. The van der Waals surface area contributed by atoms with E-state index in [0.29, 0.717) is 38.1 Å². The Labute approximate surface area is 100 Å². The summed E-state index contributed by atoms with van der Waals surface area (Å²) >= 11 is 0. The van der Waals surface area contributed by atoms with Crippen LogP contribution in [0.1, 0.15) is 24.7 Å². The Kier molecular flexibility index (Phi) is 6.71. The predicted molar refractivity (Wildman–Crippen MR) is 59.3 cm³/mol. The fourth-order valence-electron chi connectivity index (χ4n) is 1.10. The molecule has 1 aromatic rings. The summed E-state index contributed by atoms with van der Waals surface area (Å²) < 4.78 is 20.2. The van der Waals surface area contributed by atoms with Gasteiger partial charge in [0.1, 0.15) is 6.61 Å². The van der Waals surface area contributed by atoms with Crippen molar-refractivity contribution >= 4 is 0 Å². The Morgan fingerprint density at radius 2 is 2.18 bits per heavy atom. The van der Waals surface area contributed by atoms with Gasteiger partial charge >= 0.3 is 0 Å². The zero-order valence-electron chi connectivity index (χ0n) is 10.2. The van der Waals surface area contributed by atoms with Gasteiger partial charge in [-0.15, -0.1) is 0 Å². The summed E-state index contributed by atoms with van der Waals surface area (Å²) in [6, 6.07) is -0.369. The second kappa shape index (κ2) is 8.13. The molecule has 7 heteroatoms. The van der Waals surface area contributed by atoms with Crippen LogP contribution in [0, 0.1) is 0 Å². The summed E-state index contributed by atoms with van der Waals surface area (Å²) in [6.07, 6.45) is 0. The smallest absolute Gasteiger partial charge is 0.252 e. The number of hydrogen-bond acceptors (Lipinski definition) is 7. The van der Waals surface area contributed by atoms with Crippen LogP contribution < -0.4 is 5.73 Å². The molecular weight excluding hydrogens is 226 g/mol. The molecule has 0 aliphatic rings. The molecular formula is C10H19N3O4. The van der Waals surface area contributed by atoms with Crippen molar-refractivity contribution in [2.45, 2.75) is 19.6 Å². The van der Waals surface area contributed by atoms with E-state index in [1.165, 1.54) is 0 Å². The van der Waals surface area contributed by atoms with Crippen LogP contribution in [0.25, 0.3) is 0 Å². The number of ether oxygens (including phenoxy) is 3. The average molecular weight is 245 g/mol. The molecule has 0 radical (unpaired) electrons. The van der Waals surface area contributed by atoms with E-state index < -0.39 is 0 Å². The lowest BCUT2D eigenvalue weighted by Crippen LogP contribution is -2.18. The second-order valence-electron chi connectivity index (χ2n) is 3.36. The number of hydrogen-bond donors (Lipinski definition) is 1. The molecule has 0 bridgehead atoms. The molecule has 0 saturated heterocycles. The Hall–Kier alpha value is -1.02. The molecule has 1 unspecified atom stereocenters. The molecule has 1 aromatic heterocycles. The Morgan fingerprint density at radius 1 is 1.35 bits per heavy atom. The first-order chi connectivity index (χ1) is 8.27. The van der Waals surface area contributed by atoms with Gasteiger partial charge < -0.3 is 24.5 Å². The highest BCUT2D eigenvalue weighted by molar-refractivity contribution is 4.92. The van der Waals surface area contributed by atoms with E-state index in [-0.39, 0.29) is 12.6 Å². The van der Waals surface area contributed by atoms with Crippen molar-refractivity contribution in [1.29, 1.82) is 0 Å². The molecule has 1 heterocycles. The minimum Gasteiger partial charge on any atom is -0.382 e. The van der Waals surface area contributed by atoms with Crippen LogP contribution in [-0.2, 0) is 20.8 Å². The van der Waals surface area contributed by atoms with Gasteiger partial charge in [0.25, 0.3) is 5.89 Å². The number of nitrogens with two attached hydrogens (primary N) is 1. The maximum Gasteiger partial charge on any atom is 0.252 e. The molecule has 1 rings (SSSR count). The highest BCUT2D eigenvalue weighted by Gasteiger charge is 2.14. The van der Waals surface area contributed by atoms with Crippen LogP contribution in [0.2, 0.25) is 0 Å². The topological polar surface area (TPSA) is 92.6 Å². The molecule has 2 N–H and O–H groups in total. The molecule has 0 aliphatic carbocycles. The van der Waals surface area contributed by atoms with Crippen LogP contribution in [0.4, 0.5) is 0 Å². The van der Waals surface area contributed by atoms with Gasteiger partial charge in [-0.3, -0.25) is 0 Å². The SMILES string of the molecule is CCOCC(N)c1noc(COCCOC)n1. The van der Waals surface area contributed by atoms with Gasteiger partial charge in [-0.05, 0) is 6.92 Å². The van der Waals surface area contributed by atoms with Gasteiger partial charge in [-0.1, -0.05) is 5.16 Å². The summed E-state index contributed by atoms with van der Waals surface area (Å²) in [6.45, 7) is 4.17. The predicted octanol–water partition coefficient (Wildman–Crippen LogP) is 0.269. The highest BCUT2D eigenvalue weighted by atomic mass is 16.5. The van der Waals surface area contributed by atoms with Crippen molar-refractivity contribution in [3.63, 3.8) is 0 Å². The third-order valence-electron chi connectivity index (χ3n) is 1.97. The van der Waals surface area contributed by atoms with Crippen molar-refractivity contribution in [2.75, 3.05) is 33.5 Å². The van der Waals surface area contributed by atoms with Crippen molar-refractivity contribution in [2.24, 2.45) is 5.73 Å². The molecule has 1 atom stereocenters. The molecule has 0 spiro atoms. The van der Waals surface area contributed by atoms with Gasteiger partial charge in [0.15, 0.2) is 5.82 Å². The van der Waals surface area contributed by atoms with E-state index in [2.05, 4.69) is 10.1 Å². The van der Waals surface area contributed by atoms with E-state index in [1.54, 1.807) is 7.11 Å². The first-order valence-electron chi connectivity index (χ1n) is 5.50.